The standard InChI is InChI=1S/C15H20N4O2/c1-3-19-7-8-20-12(9-19)14-17-15(21-18-14)13-10(2)5-4-6-11(13)16/h4-6,12H,3,7-9,16H2,1-2H3. The number of rotatable bonds is 3. The van der Waals surface area contributed by atoms with Crippen molar-refractivity contribution in [2.45, 2.75) is 20.0 Å². The number of likely N-dealkylation sites (N-methyl/N-ethyl adjacent to an activating group) is 1. The van der Waals surface area contributed by atoms with Crippen molar-refractivity contribution in [1.29, 1.82) is 0 Å². The quantitative estimate of drug-likeness (QED) is 0.871. The van der Waals surface area contributed by atoms with Crippen LogP contribution in [0, 0.1) is 6.92 Å². The average Bonchev–Trinajstić information content (AvgIpc) is 2.97. The molecule has 1 aromatic carbocycles. The van der Waals surface area contributed by atoms with Gasteiger partial charge >= 0.3 is 0 Å². The zero-order chi connectivity index (χ0) is 14.8. The van der Waals surface area contributed by atoms with Gasteiger partial charge in [0.15, 0.2) is 0 Å². The highest BCUT2D eigenvalue weighted by Gasteiger charge is 2.26. The maximum Gasteiger partial charge on any atom is 0.260 e. The Kier molecular flexibility index (Phi) is 3.90. The number of benzene rings is 1. The van der Waals surface area contributed by atoms with Gasteiger partial charge in [-0.25, -0.2) is 0 Å². The minimum atomic E-state index is -0.138. The molecule has 0 amide bonds. The highest BCUT2D eigenvalue weighted by Crippen LogP contribution is 2.29. The first-order valence-electron chi connectivity index (χ1n) is 7.22. The SMILES string of the molecule is CCN1CCOC(c2noc(-c3c(C)cccc3N)n2)C1. The van der Waals surface area contributed by atoms with Gasteiger partial charge in [0, 0.05) is 18.8 Å². The third-order valence-corrected chi connectivity index (χ3v) is 3.85. The maximum absolute atomic E-state index is 6.02. The Balaban J connectivity index is 1.86. The van der Waals surface area contributed by atoms with Crippen LogP contribution in [0.4, 0.5) is 5.69 Å². The van der Waals surface area contributed by atoms with Crippen LogP contribution >= 0.6 is 0 Å². The number of ether oxygens (including phenoxy) is 1. The molecule has 0 aliphatic carbocycles. The predicted octanol–water partition coefficient (Wildman–Crippen LogP) is 2.02. The number of aryl methyl sites for hydroxylation is 1. The summed E-state index contributed by atoms with van der Waals surface area (Å²) in [5, 5.41) is 4.07. The van der Waals surface area contributed by atoms with E-state index in [0.717, 1.165) is 30.8 Å². The Morgan fingerprint density at radius 1 is 1.43 bits per heavy atom. The molecule has 1 unspecified atom stereocenters. The Hall–Kier alpha value is -1.92. The fourth-order valence-electron chi connectivity index (χ4n) is 2.60. The van der Waals surface area contributed by atoms with Crippen molar-refractivity contribution in [2.24, 2.45) is 0 Å². The van der Waals surface area contributed by atoms with Crippen LogP contribution < -0.4 is 5.73 Å². The zero-order valence-electron chi connectivity index (χ0n) is 12.4. The van der Waals surface area contributed by atoms with E-state index in [-0.39, 0.29) is 6.10 Å². The molecule has 2 N–H and O–H groups in total. The summed E-state index contributed by atoms with van der Waals surface area (Å²) in [5.41, 5.74) is 8.48. The summed E-state index contributed by atoms with van der Waals surface area (Å²) in [6, 6.07) is 5.72. The van der Waals surface area contributed by atoms with E-state index in [1.54, 1.807) is 0 Å². The van der Waals surface area contributed by atoms with Crippen molar-refractivity contribution in [3.63, 3.8) is 0 Å². The lowest BCUT2D eigenvalue weighted by Gasteiger charge is -2.30. The van der Waals surface area contributed by atoms with Gasteiger partial charge in [-0.3, -0.25) is 4.90 Å². The van der Waals surface area contributed by atoms with E-state index in [4.69, 9.17) is 15.0 Å². The molecule has 1 atom stereocenters. The average molecular weight is 288 g/mol. The number of anilines is 1. The second kappa shape index (κ2) is 5.83. The van der Waals surface area contributed by atoms with Gasteiger partial charge in [0.1, 0.15) is 6.10 Å². The molecule has 0 radical (unpaired) electrons. The minimum Gasteiger partial charge on any atom is -0.398 e. The van der Waals surface area contributed by atoms with Crippen molar-refractivity contribution < 1.29 is 9.26 Å². The second-order valence-electron chi connectivity index (χ2n) is 5.25. The van der Waals surface area contributed by atoms with E-state index in [2.05, 4.69) is 22.0 Å². The van der Waals surface area contributed by atoms with Crippen molar-refractivity contribution in [1.82, 2.24) is 15.0 Å². The monoisotopic (exact) mass is 288 g/mol. The first-order valence-corrected chi connectivity index (χ1v) is 7.22. The van der Waals surface area contributed by atoms with E-state index in [1.807, 2.05) is 25.1 Å². The summed E-state index contributed by atoms with van der Waals surface area (Å²) >= 11 is 0. The van der Waals surface area contributed by atoms with Crippen LogP contribution in [0.15, 0.2) is 22.7 Å². The topological polar surface area (TPSA) is 77.4 Å². The van der Waals surface area contributed by atoms with Gasteiger partial charge in [-0.1, -0.05) is 24.2 Å². The molecule has 1 fully saturated rings. The molecule has 112 valence electrons. The van der Waals surface area contributed by atoms with Gasteiger partial charge in [0.2, 0.25) is 5.82 Å². The van der Waals surface area contributed by atoms with E-state index in [9.17, 15) is 0 Å². The molecule has 6 nitrogen and oxygen atoms in total. The van der Waals surface area contributed by atoms with E-state index < -0.39 is 0 Å². The molecule has 0 spiro atoms. The van der Waals surface area contributed by atoms with E-state index >= 15 is 0 Å². The first kappa shape index (κ1) is 14.0. The molecular formula is C15H20N4O2. The second-order valence-corrected chi connectivity index (χ2v) is 5.25. The van der Waals surface area contributed by atoms with Gasteiger partial charge in [-0.05, 0) is 25.1 Å². The summed E-state index contributed by atoms with van der Waals surface area (Å²) in [5.74, 6) is 1.05. The van der Waals surface area contributed by atoms with Crippen LogP contribution in [0.25, 0.3) is 11.5 Å². The molecule has 1 aromatic heterocycles. The largest absolute Gasteiger partial charge is 0.398 e. The fraction of sp³-hybridized carbons (Fsp3) is 0.467. The van der Waals surface area contributed by atoms with Crippen molar-refractivity contribution >= 4 is 5.69 Å². The molecule has 3 rings (SSSR count). The molecular weight excluding hydrogens is 268 g/mol. The number of hydrogen-bond acceptors (Lipinski definition) is 6. The summed E-state index contributed by atoms with van der Waals surface area (Å²) in [6.07, 6.45) is -0.138. The third kappa shape index (κ3) is 2.77. The number of nitrogens with zero attached hydrogens (tertiary/aromatic N) is 3. The number of hydrogen-bond donors (Lipinski definition) is 1. The highest BCUT2D eigenvalue weighted by molar-refractivity contribution is 5.73. The molecule has 21 heavy (non-hydrogen) atoms. The normalized spacial score (nSPS) is 19.8. The smallest absolute Gasteiger partial charge is 0.260 e. The van der Waals surface area contributed by atoms with E-state index in [0.29, 0.717) is 24.0 Å². The van der Waals surface area contributed by atoms with Crippen LogP contribution in [0.2, 0.25) is 0 Å². The van der Waals surface area contributed by atoms with Gasteiger partial charge in [0.25, 0.3) is 5.89 Å². The van der Waals surface area contributed by atoms with Crippen LogP contribution in [-0.4, -0.2) is 41.3 Å². The molecule has 2 heterocycles. The van der Waals surface area contributed by atoms with Gasteiger partial charge in [0.05, 0.1) is 12.2 Å². The molecule has 2 aromatic rings. The van der Waals surface area contributed by atoms with Crippen molar-refractivity contribution in [3.8, 4) is 11.5 Å². The number of morpholine rings is 1. The number of aromatic nitrogens is 2. The van der Waals surface area contributed by atoms with Crippen LogP contribution in [0.5, 0.6) is 0 Å². The Labute approximate surface area is 123 Å². The van der Waals surface area contributed by atoms with Gasteiger partial charge in [-0.15, -0.1) is 0 Å². The van der Waals surface area contributed by atoms with Gasteiger partial charge < -0.3 is 15.0 Å². The summed E-state index contributed by atoms with van der Waals surface area (Å²) in [4.78, 5) is 6.80. The lowest BCUT2D eigenvalue weighted by molar-refractivity contribution is -0.0334. The highest BCUT2D eigenvalue weighted by atomic mass is 16.5. The third-order valence-electron chi connectivity index (χ3n) is 3.85. The maximum atomic E-state index is 6.02. The number of nitrogens with two attached hydrogens (primary N) is 1. The lowest BCUT2D eigenvalue weighted by Crippen LogP contribution is -2.38. The van der Waals surface area contributed by atoms with E-state index in [1.165, 1.54) is 0 Å². The molecule has 1 aliphatic rings. The predicted molar refractivity (Wildman–Crippen MR) is 79.7 cm³/mol. The Morgan fingerprint density at radius 3 is 3.05 bits per heavy atom. The van der Waals surface area contributed by atoms with Crippen molar-refractivity contribution in [3.05, 3.63) is 29.6 Å². The van der Waals surface area contributed by atoms with Crippen LogP contribution in [0.1, 0.15) is 24.4 Å². The summed E-state index contributed by atoms with van der Waals surface area (Å²) < 4.78 is 11.1. The van der Waals surface area contributed by atoms with Crippen molar-refractivity contribution in [2.75, 3.05) is 32.0 Å². The Bertz CT molecular complexity index is 606. The molecule has 0 bridgehead atoms. The molecule has 1 aliphatic heterocycles. The minimum absolute atomic E-state index is 0.138. The molecule has 6 heteroatoms. The van der Waals surface area contributed by atoms with Crippen LogP contribution in [-0.2, 0) is 4.74 Å². The first-order chi connectivity index (χ1) is 10.2. The zero-order valence-corrected chi connectivity index (χ0v) is 12.4. The number of nitrogen functional groups attached to an aromatic ring is 1. The lowest BCUT2D eigenvalue weighted by atomic mass is 10.1. The Morgan fingerprint density at radius 2 is 2.29 bits per heavy atom. The summed E-state index contributed by atoms with van der Waals surface area (Å²) in [7, 11) is 0. The molecule has 1 saturated heterocycles. The fourth-order valence-corrected chi connectivity index (χ4v) is 2.60. The van der Waals surface area contributed by atoms with Crippen LogP contribution in [0.3, 0.4) is 0 Å². The van der Waals surface area contributed by atoms with Gasteiger partial charge in [-0.2, -0.15) is 4.98 Å². The summed E-state index contributed by atoms with van der Waals surface area (Å²) in [6.45, 7) is 7.54. The molecule has 0 saturated carbocycles.